The number of halogens is 1. The Morgan fingerprint density at radius 2 is 1.68 bits per heavy atom. The van der Waals surface area contributed by atoms with Crippen LogP contribution in [0.4, 0.5) is 0 Å². The molecule has 0 saturated heterocycles. The van der Waals surface area contributed by atoms with E-state index in [1.807, 2.05) is 19.1 Å². The first-order chi connectivity index (χ1) is 13.0. The summed E-state index contributed by atoms with van der Waals surface area (Å²) in [6.07, 6.45) is 3.81. The average Bonchev–Trinajstić information content (AvgIpc) is 2.66. The van der Waals surface area contributed by atoms with Crippen molar-refractivity contribution in [3.63, 3.8) is 0 Å². The molecule has 0 fully saturated rings. The molecule has 3 N–H and O–H groups in total. The number of hydrogen-bond acceptors (Lipinski definition) is 3. The summed E-state index contributed by atoms with van der Waals surface area (Å²) in [4.78, 5) is 8.51. The van der Waals surface area contributed by atoms with E-state index in [1.54, 1.807) is 12.4 Å². The van der Waals surface area contributed by atoms with Crippen LogP contribution in [0.25, 0.3) is 0 Å². The van der Waals surface area contributed by atoms with E-state index in [1.165, 1.54) is 11.1 Å². The largest absolute Gasteiger partial charge is 0.386 e. The number of pyridine rings is 1. The van der Waals surface area contributed by atoms with Crippen LogP contribution in [0.1, 0.15) is 56.5 Å². The Morgan fingerprint density at radius 3 is 2.25 bits per heavy atom. The van der Waals surface area contributed by atoms with Crippen molar-refractivity contribution in [2.24, 2.45) is 10.9 Å². The van der Waals surface area contributed by atoms with Crippen molar-refractivity contribution in [3.05, 3.63) is 65.5 Å². The van der Waals surface area contributed by atoms with Crippen LogP contribution in [0.3, 0.4) is 0 Å². The third kappa shape index (κ3) is 8.14. The van der Waals surface area contributed by atoms with Crippen LogP contribution in [0.2, 0.25) is 0 Å². The van der Waals surface area contributed by atoms with Crippen molar-refractivity contribution in [1.82, 2.24) is 15.6 Å². The third-order valence-corrected chi connectivity index (χ3v) is 4.33. The van der Waals surface area contributed by atoms with Crippen molar-refractivity contribution in [2.75, 3.05) is 13.1 Å². The molecule has 1 aromatic carbocycles. The molecule has 1 aromatic heterocycles. The second-order valence-corrected chi connectivity index (χ2v) is 7.22. The first-order valence-electron chi connectivity index (χ1n) is 9.71. The second kappa shape index (κ2) is 12.7. The molecular weight excluding hydrogens is 463 g/mol. The molecule has 0 spiro atoms. The molecule has 0 aliphatic carbocycles. The second-order valence-electron chi connectivity index (χ2n) is 7.22. The van der Waals surface area contributed by atoms with Crippen LogP contribution >= 0.6 is 24.0 Å². The first-order valence-corrected chi connectivity index (χ1v) is 9.71. The highest BCUT2D eigenvalue weighted by Gasteiger charge is 2.10. The Kier molecular flexibility index (Phi) is 11.1. The van der Waals surface area contributed by atoms with Gasteiger partial charge in [-0.05, 0) is 55.0 Å². The lowest BCUT2D eigenvalue weighted by Crippen LogP contribution is -2.39. The van der Waals surface area contributed by atoms with E-state index in [0.29, 0.717) is 18.4 Å². The number of aliphatic imine (C=N–C) groups is 1. The molecular formula is C22H33IN4O. The van der Waals surface area contributed by atoms with E-state index >= 15 is 0 Å². The highest BCUT2D eigenvalue weighted by molar-refractivity contribution is 14.0. The molecule has 0 aliphatic rings. The number of aliphatic hydroxyl groups is 1. The highest BCUT2D eigenvalue weighted by atomic mass is 127. The van der Waals surface area contributed by atoms with Crippen LogP contribution in [0.5, 0.6) is 0 Å². The Labute approximate surface area is 186 Å². The molecule has 0 aliphatic heterocycles. The van der Waals surface area contributed by atoms with E-state index in [4.69, 9.17) is 0 Å². The van der Waals surface area contributed by atoms with E-state index in [0.717, 1.165) is 18.5 Å². The van der Waals surface area contributed by atoms with E-state index in [2.05, 4.69) is 65.6 Å². The maximum absolute atomic E-state index is 10.3. The molecule has 154 valence electrons. The Morgan fingerprint density at radius 1 is 1.04 bits per heavy atom. The van der Waals surface area contributed by atoms with Crippen LogP contribution in [-0.2, 0) is 6.42 Å². The normalized spacial score (nSPS) is 13.6. The molecule has 0 saturated carbocycles. The van der Waals surface area contributed by atoms with Crippen LogP contribution < -0.4 is 10.6 Å². The number of nitrogens with zero attached hydrogens (tertiary/aromatic N) is 2. The average molecular weight is 496 g/mol. The maximum atomic E-state index is 10.3. The zero-order valence-corrected chi connectivity index (χ0v) is 19.6. The lowest BCUT2D eigenvalue weighted by Gasteiger charge is -2.19. The lowest BCUT2D eigenvalue weighted by molar-refractivity contribution is 0.187. The quantitative estimate of drug-likeness (QED) is 0.291. The number of nitrogens with one attached hydrogen (secondary N) is 2. The predicted molar refractivity (Wildman–Crippen MR) is 127 cm³/mol. The van der Waals surface area contributed by atoms with Gasteiger partial charge in [0.1, 0.15) is 0 Å². The number of guanidine groups is 1. The molecule has 2 atom stereocenters. The molecule has 1 heterocycles. The Hall–Kier alpha value is -1.67. The summed E-state index contributed by atoms with van der Waals surface area (Å²) in [5.74, 6) is 1.36. The molecule has 2 aromatic rings. The van der Waals surface area contributed by atoms with Crippen molar-refractivity contribution in [1.29, 1.82) is 0 Å². The summed E-state index contributed by atoms with van der Waals surface area (Å²) in [5.41, 5.74) is 3.39. The van der Waals surface area contributed by atoms with Gasteiger partial charge in [0.25, 0.3) is 0 Å². The minimum absolute atomic E-state index is 0. The standard InChI is InChI=1S/C22H32N4O.HI/c1-5-24-22(25-15-21(27)20-10-12-23-13-11-20)26-17(4)19-8-6-18(7-9-19)14-16(2)3;/h6-13,16-17,21,27H,5,14-15H2,1-4H3,(H2,24,25,26);1H. The SMILES string of the molecule is CCNC(=NCC(O)c1ccncc1)NC(C)c1ccc(CC(C)C)cc1.I. The molecule has 5 nitrogen and oxygen atoms in total. The lowest BCUT2D eigenvalue weighted by atomic mass is 10.00. The minimum Gasteiger partial charge on any atom is -0.386 e. The van der Waals surface area contributed by atoms with Crippen LogP contribution in [0.15, 0.2) is 53.8 Å². The van der Waals surface area contributed by atoms with Gasteiger partial charge in [0.2, 0.25) is 0 Å². The van der Waals surface area contributed by atoms with Crippen molar-refractivity contribution in [3.8, 4) is 0 Å². The number of aliphatic hydroxyl groups excluding tert-OH is 1. The zero-order chi connectivity index (χ0) is 19.6. The van der Waals surface area contributed by atoms with E-state index in [9.17, 15) is 5.11 Å². The number of rotatable bonds is 8. The van der Waals surface area contributed by atoms with Crippen LogP contribution in [-0.4, -0.2) is 29.1 Å². The van der Waals surface area contributed by atoms with Gasteiger partial charge in [-0.2, -0.15) is 0 Å². The molecule has 0 amide bonds. The van der Waals surface area contributed by atoms with Crippen molar-refractivity contribution >= 4 is 29.9 Å². The Bertz CT molecular complexity index is 704. The minimum atomic E-state index is -0.644. The molecule has 0 radical (unpaired) electrons. The zero-order valence-electron chi connectivity index (χ0n) is 17.2. The van der Waals surface area contributed by atoms with Gasteiger partial charge >= 0.3 is 0 Å². The fraction of sp³-hybridized carbons (Fsp3) is 0.455. The van der Waals surface area contributed by atoms with Gasteiger partial charge in [0.05, 0.1) is 18.7 Å². The van der Waals surface area contributed by atoms with Gasteiger partial charge in [-0.15, -0.1) is 24.0 Å². The molecule has 28 heavy (non-hydrogen) atoms. The predicted octanol–water partition coefficient (Wildman–Crippen LogP) is 4.25. The van der Waals surface area contributed by atoms with Crippen molar-refractivity contribution < 1.29 is 5.11 Å². The smallest absolute Gasteiger partial charge is 0.191 e. The van der Waals surface area contributed by atoms with E-state index in [-0.39, 0.29) is 30.0 Å². The fourth-order valence-electron chi connectivity index (χ4n) is 2.89. The summed E-state index contributed by atoms with van der Waals surface area (Å²) in [6, 6.07) is 12.5. The highest BCUT2D eigenvalue weighted by Crippen LogP contribution is 2.16. The summed E-state index contributed by atoms with van der Waals surface area (Å²) in [7, 11) is 0. The number of benzene rings is 1. The third-order valence-electron chi connectivity index (χ3n) is 4.33. The van der Waals surface area contributed by atoms with Crippen LogP contribution in [0, 0.1) is 5.92 Å². The van der Waals surface area contributed by atoms with Gasteiger partial charge in [-0.25, -0.2) is 0 Å². The first kappa shape index (κ1) is 24.4. The fourth-order valence-corrected chi connectivity index (χ4v) is 2.89. The number of aromatic nitrogens is 1. The maximum Gasteiger partial charge on any atom is 0.191 e. The van der Waals surface area contributed by atoms with Crippen molar-refractivity contribution in [2.45, 2.75) is 46.3 Å². The topological polar surface area (TPSA) is 69.5 Å². The molecule has 0 bridgehead atoms. The van der Waals surface area contributed by atoms with Gasteiger partial charge in [-0.1, -0.05) is 38.1 Å². The van der Waals surface area contributed by atoms with Gasteiger partial charge in [0, 0.05) is 18.9 Å². The van der Waals surface area contributed by atoms with E-state index < -0.39 is 6.10 Å². The Balaban J connectivity index is 0.00000392. The summed E-state index contributed by atoms with van der Waals surface area (Å²) in [5, 5.41) is 17.0. The molecule has 2 unspecified atom stereocenters. The number of hydrogen-bond donors (Lipinski definition) is 3. The molecule has 6 heteroatoms. The summed E-state index contributed by atoms with van der Waals surface area (Å²) in [6.45, 7) is 9.66. The molecule has 2 rings (SSSR count). The van der Waals surface area contributed by atoms with Gasteiger partial charge in [0.15, 0.2) is 5.96 Å². The van der Waals surface area contributed by atoms with Gasteiger partial charge in [-0.3, -0.25) is 9.98 Å². The summed E-state index contributed by atoms with van der Waals surface area (Å²) >= 11 is 0. The summed E-state index contributed by atoms with van der Waals surface area (Å²) < 4.78 is 0. The monoisotopic (exact) mass is 496 g/mol. The van der Waals surface area contributed by atoms with Gasteiger partial charge < -0.3 is 15.7 Å².